The number of halogens is 3. The van der Waals surface area contributed by atoms with Crippen molar-refractivity contribution in [3.63, 3.8) is 0 Å². The summed E-state index contributed by atoms with van der Waals surface area (Å²) < 4.78 is 42.1. The van der Waals surface area contributed by atoms with E-state index < -0.39 is 40.1 Å². The van der Waals surface area contributed by atoms with Crippen molar-refractivity contribution in [3.05, 3.63) is 40.7 Å². The van der Waals surface area contributed by atoms with Gasteiger partial charge in [0.15, 0.2) is 11.5 Å². The molecular formula is C21H25F3N4O3. The van der Waals surface area contributed by atoms with Crippen molar-refractivity contribution in [2.45, 2.75) is 52.3 Å². The van der Waals surface area contributed by atoms with Crippen LogP contribution in [0.15, 0.2) is 18.2 Å². The number of aliphatic hydroxyl groups excluding tert-OH is 1. The van der Waals surface area contributed by atoms with Gasteiger partial charge >= 0.3 is 6.18 Å². The number of ketones is 1. The van der Waals surface area contributed by atoms with Gasteiger partial charge < -0.3 is 16.2 Å². The predicted molar refractivity (Wildman–Crippen MR) is 108 cm³/mol. The van der Waals surface area contributed by atoms with Gasteiger partial charge in [-0.2, -0.15) is 18.3 Å². The van der Waals surface area contributed by atoms with Gasteiger partial charge in [-0.3, -0.25) is 9.59 Å². The average Bonchev–Trinajstić information content (AvgIpc) is 2.99. The minimum absolute atomic E-state index is 0.00706. The number of nitrogens with two attached hydrogens (primary N) is 1. The highest BCUT2D eigenvalue weighted by Crippen LogP contribution is 2.42. The Kier molecular flexibility index (Phi) is 5.42. The zero-order chi connectivity index (χ0) is 23.4. The number of hydrogen-bond donors (Lipinski definition) is 3. The normalized spacial score (nSPS) is 16.2. The molecule has 10 heteroatoms. The van der Waals surface area contributed by atoms with Crippen LogP contribution < -0.4 is 11.1 Å². The summed E-state index contributed by atoms with van der Waals surface area (Å²) >= 11 is 0. The number of anilines is 1. The summed E-state index contributed by atoms with van der Waals surface area (Å²) in [5.74, 6) is -1.34. The fraction of sp³-hybridized carbons (Fsp3) is 0.476. The minimum atomic E-state index is -4.79. The standard InChI is InChI=1S/C21H25F3N4O3/c1-19(2)8-14-16(15(30)9-19)17(21(22,23)24)27-28(14)11-5-6-12(18(25)31)13(7-11)26-20(3,4)10-29/h5-7,26,29H,8-10H2,1-4H3,(H2,25,31). The molecular weight excluding hydrogens is 413 g/mol. The molecule has 0 saturated heterocycles. The Morgan fingerprint density at radius 3 is 2.48 bits per heavy atom. The molecule has 3 rings (SSSR count). The lowest BCUT2D eigenvalue weighted by atomic mass is 9.75. The van der Waals surface area contributed by atoms with E-state index in [1.807, 2.05) is 13.8 Å². The number of alkyl halides is 3. The Labute approximate surface area is 177 Å². The first-order valence-electron chi connectivity index (χ1n) is 9.71. The number of carbonyl (C=O) groups excluding carboxylic acids is 2. The molecule has 31 heavy (non-hydrogen) atoms. The maximum atomic E-state index is 13.7. The third-order valence-electron chi connectivity index (χ3n) is 5.20. The molecule has 7 nitrogen and oxygen atoms in total. The molecule has 1 heterocycles. The highest BCUT2D eigenvalue weighted by atomic mass is 19.4. The van der Waals surface area contributed by atoms with E-state index in [1.165, 1.54) is 18.2 Å². The van der Waals surface area contributed by atoms with Crippen LogP contribution in [0.2, 0.25) is 0 Å². The lowest BCUT2D eigenvalue weighted by molar-refractivity contribution is -0.141. The quantitative estimate of drug-likeness (QED) is 0.663. The maximum absolute atomic E-state index is 13.7. The van der Waals surface area contributed by atoms with Gasteiger partial charge in [-0.15, -0.1) is 0 Å². The highest BCUT2D eigenvalue weighted by Gasteiger charge is 2.45. The molecule has 1 amide bonds. The van der Waals surface area contributed by atoms with E-state index in [1.54, 1.807) is 13.8 Å². The Bertz CT molecular complexity index is 1050. The van der Waals surface area contributed by atoms with E-state index in [0.29, 0.717) is 0 Å². The molecule has 1 aromatic heterocycles. The molecule has 0 bridgehead atoms. The molecule has 0 aliphatic heterocycles. The van der Waals surface area contributed by atoms with Gasteiger partial charge in [0.1, 0.15) is 0 Å². The van der Waals surface area contributed by atoms with Crippen molar-refractivity contribution in [3.8, 4) is 5.69 Å². The number of nitrogens with one attached hydrogen (secondary N) is 1. The van der Waals surface area contributed by atoms with Crippen LogP contribution in [0.5, 0.6) is 0 Å². The summed E-state index contributed by atoms with van der Waals surface area (Å²) in [5.41, 5.74) is 3.21. The molecule has 0 unspecified atom stereocenters. The second kappa shape index (κ2) is 7.37. The first kappa shape index (κ1) is 22.8. The average molecular weight is 438 g/mol. The van der Waals surface area contributed by atoms with Crippen molar-refractivity contribution in [2.24, 2.45) is 11.1 Å². The molecule has 0 saturated carbocycles. The summed E-state index contributed by atoms with van der Waals surface area (Å²) in [6.07, 6.45) is -4.58. The zero-order valence-corrected chi connectivity index (χ0v) is 17.7. The maximum Gasteiger partial charge on any atom is 0.435 e. The topological polar surface area (TPSA) is 110 Å². The fourth-order valence-electron chi connectivity index (χ4n) is 3.75. The molecule has 0 atom stereocenters. The number of nitrogens with zero attached hydrogens (tertiary/aromatic N) is 2. The van der Waals surface area contributed by atoms with Crippen LogP contribution in [0.1, 0.15) is 66.2 Å². The second-order valence-electron chi connectivity index (χ2n) is 9.28. The number of aromatic nitrogens is 2. The molecule has 1 aromatic carbocycles. The van der Waals surface area contributed by atoms with E-state index in [-0.39, 0.29) is 42.1 Å². The lowest BCUT2D eigenvalue weighted by Crippen LogP contribution is -2.36. The summed E-state index contributed by atoms with van der Waals surface area (Å²) in [4.78, 5) is 24.4. The van der Waals surface area contributed by atoms with Crippen molar-refractivity contribution < 1.29 is 27.9 Å². The number of carbonyl (C=O) groups is 2. The Morgan fingerprint density at radius 2 is 1.94 bits per heavy atom. The van der Waals surface area contributed by atoms with E-state index in [4.69, 9.17) is 5.73 Å². The van der Waals surface area contributed by atoms with Gasteiger partial charge in [0.25, 0.3) is 5.91 Å². The number of benzene rings is 1. The van der Waals surface area contributed by atoms with Crippen molar-refractivity contribution >= 4 is 17.4 Å². The third-order valence-corrected chi connectivity index (χ3v) is 5.20. The van der Waals surface area contributed by atoms with Gasteiger partial charge in [-0.05, 0) is 43.9 Å². The van der Waals surface area contributed by atoms with E-state index >= 15 is 0 Å². The van der Waals surface area contributed by atoms with Gasteiger partial charge in [0.2, 0.25) is 0 Å². The summed E-state index contributed by atoms with van der Waals surface area (Å²) in [6.45, 7) is 6.72. The summed E-state index contributed by atoms with van der Waals surface area (Å²) in [5, 5.41) is 16.3. The largest absolute Gasteiger partial charge is 0.435 e. The monoisotopic (exact) mass is 438 g/mol. The predicted octanol–water partition coefficient (Wildman–Crippen LogP) is 3.33. The van der Waals surface area contributed by atoms with Crippen LogP contribution in [0.3, 0.4) is 0 Å². The lowest BCUT2D eigenvalue weighted by Gasteiger charge is -2.29. The van der Waals surface area contributed by atoms with Crippen molar-refractivity contribution in [1.82, 2.24) is 9.78 Å². The number of amides is 1. The van der Waals surface area contributed by atoms with E-state index in [0.717, 1.165) is 4.68 Å². The Morgan fingerprint density at radius 1 is 1.29 bits per heavy atom. The number of primary amides is 1. The third kappa shape index (κ3) is 4.43. The highest BCUT2D eigenvalue weighted by molar-refractivity contribution is 6.00. The number of aliphatic hydroxyl groups is 1. The zero-order valence-electron chi connectivity index (χ0n) is 17.7. The first-order valence-corrected chi connectivity index (χ1v) is 9.71. The van der Waals surface area contributed by atoms with Gasteiger partial charge in [0, 0.05) is 12.1 Å². The Balaban J connectivity index is 2.24. The van der Waals surface area contributed by atoms with Crippen molar-refractivity contribution in [2.75, 3.05) is 11.9 Å². The van der Waals surface area contributed by atoms with Crippen molar-refractivity contribution in [1.29, 1.82) is 0 Å². The van der Waals surface area contributed by atoms with Gasteiger partial charge in [-0.1, -0.05) is 13.8 Å². The molecule has 0 radical (unpaired) electrons. The molecule has 1 aliphatic carbocycles. The molecule has 0 spiro atoms. The number of Topliss-reactive ketones (excluding diaryl/α,β-unsaturated/α-hetero) is 1. The summed E-state index contributed by atoms with van der Waals surface area (Å²) in [7, 11) is 0. The summed E-state index contributed by atoms with van der Waals surface area (Å²) in [6, 6.07) is 4.25. The molecule has 4 N–H and O–H groups in total. The van der Waals surface area contributed by atoms with Crippen LogP contribution in [0.4, 0.5) is 18.9 Å². The van der Waals surface area contributed by atoms with Crippen LogP contribution in [0.25, 0.3) is 5.69 Å². The number of hydrogen-bond acceptors (Lipinski definition) is 5. The van der Waals surface area contributed by atoms with E-state index in [2.05, 4.69) is 10.4 Å². The molecule has 0 fully saturated rings. The SMILES string of the molecule is CC1(C)CC(=O)c2c(C(F)(F)F)nn(-c3ccc(C(N)=O)c(NC(C)(C)CO)c3)c2C1. The van der Waals surface area contributed by atoms with Crippen LogP contribution in [0, 0.1) is 5.41 Å². The fourth-order valence-corrected chi connectivity index (χ4v) is 3.75. The van der Waals surface area contributed by atoms with Crippen LogP contribution in [-0.4, -0.2) is 38.7 Å². The molecule has 1 aliphatic rings. The van der Waals surface area contributed by atoms with Crippen LogP contribution in [-0.2, 0) is 12.6 Å². The van der Waals surface area contributed by atoms with E-state index in [9.17, 15) is 27.9 Å². The second-order valence-corrected chi connectivity index (χ2v) is 9.28. The van der Waals surface area contributed by atoms with Gasteiger partial charge in [0.05, 0.1) is 34.7 Å². The molecule has 2 aromatic rings. The van der Waals surface area contributed by atoms with Gasteiger partial charge in [-0.25, -0.2) is 4.68 Å². The Hall–Kier alpha value is -2.88. The first-order chi connectivity index (χ1) is 14.1. The minimum Gasteiger partial charge on any atom is -0.394 e. The smallest absolute Gasteiger partial charge is 0.394 e. The van der Waals surface area contributed by atoms with Crippen LogP contribution >= 0.6 is 0 Å². The molecule has 168 valence electrons. The number of rotatable bonds is 5. The number of fused-ring (bicyclic) bond motifs is 1.